The van der Waals surface area contributed by atoms with E-state index in [0.717, 1.165) is 40.6 Å². The lowest BCUT2D eigenvalue weighted by Crippen LogP contribution is -2.30. The number of aromatic nitrogens is 1. The van der Waals surface area contributed by atoms with Gasteiger partial charge in [0.2, 0.25) is 5.91 Å². The second kappa shape index (κ2) is 6.02. The first-order chi connectivity index (χ1) is 10.2. The Bertz CT molecular complexity index is 674. The van der Waals surface area contributed by atoms with Crippen molar-refractivity contribution in [3.63, 3.8) is 0 Å². The molecule has 1 unspecified atom stereocenters. The number of likely N-dealkylation sites (tertiary alicyclic amines) is 1. The molecule has 1 fully saturated rings. The summed E-state index contributed by atoms with van der Waals surface area (Å²) in [6.07, 6.45) is 3.39. The molecular weight excluding hydrogens is 330 g/mol. The molecule has 0 aliphatic carbocycles. The van der Waals surface area contributed by atoms with Crippen molar-refractivity contribution in [1.29, 1.82) is 0 Å². The van der Waals surface area contributed by atoms with Crippen LogP contribution >= 0.6 is 15.9 Å². The van der Waals surface area contributed by atoms with Gasteiger partial charge in [0, 0.05) is 47.3 Å². The topological polar surface area (TPSA) is 45.2 Å². The minimum absolute atomic E-state index is 0.238. The van der Waals surface area contributed by atoms with E-state index in [1.165, 1.54) is 0 Å². The molecule has 5 heteroatoms. The summed E-state index contributed by atoms with van der Waals surface area (Å²) >= 11 is 3.51. The van der Waals surface area contributed by atoms with Crippen molar-refractivity contribution in [3.8, 4) is 0 Å². The van der Waals surface area contributed by atoms with Crippen LogP contribution in [0.5, 0.6) is 0 Å². The number of fused-ring (bicyclic) bond motifs is 1. The minimum atomic E-state index is 0.238. The highest BCUT2D eigenvalue weighted by Gasteiger charge is 2.25. The second-order valence-electron chi connectivity index (χ2n) is 5.34. The number of halogens is 1. The number of rotatable bonds is 3. The third kappa shape index (κ3) is 3.02. The molecule has 1 aromatic heterocycles. The average Bonchev–Trinajstić information content (AvgIpc) is 2.95. The number of carbonyl (C=O) groups excluding carboxylic acids is 1. The summed E-state index contributed by atoms with van der Waals surface area (Å²) in [7, 11) is 0. The summed E-state index contributed by atoms with van der Waals surface area (Å²) < 4.78 is 1.04. The Morgan fingerprint density at radius 2 is 2.33 bits per heavy atom. The van der Waals surface area contributed by atoms with Crippen molar-refractivity contribution in [3.05, 3.63) is 34.9 Å². The highest BCUT2D eigenvalue weighted by molar-refractivity contribution is 9.10. The predicted octanol–water partition coefficient (Wildman–Crippen LogP) is 3.42. The number of carbonyl (C=O) groups is 1. The van der Waals surface area contributed by atoms with Crippen molar-refractivity contribution in [1.82, 2.24) is 9.88 Å². The molecule has 0 radical (unpaired) electrons. The third-order valence-electron chi connectivity index (χ3n) is 3.91. The summed E-state index contributed by atoms with van der Waals surface area (Å²) in [5.41, 5.74) is 2.06. The molecule has 110 valence electrons. The molecule has 0 spiro atoms. The van der Waals surface area contributed by atoms with Gasteiger partial charge in [0.15, 0.2) is 0 Å². The van der Waals surface area contributed by atoms with E-state index in [-0.39, 0.29) is 5.91 Å². The van der Waals surface area contributed by atoms with E-state index >= 15 is 0 Å². The van der Waals surface area contributed by atoms with Crippen LogP contribution in [-0.2, 0) is 4.79 Å². The lowest BCUT2D eigenvalue weighted by molar-refractivity contribution is -0.129. The van der Waals surface area contributed by atoms with Crippen molar-refractivity contribution < 1.29 is 4.79 Å². The van der Waals surface area contributed by atoms with Gasteiger partial charge in [-0.15, -0.1) is 0 Å². The Labute approximate surface area is 132 Å². The Morgan fingerprint density at radius 1 is 1.48 bits per heavy atom. The van der Waals surface area contributed by atoms with E-state index < -0.39 is 0 Å². The molecule has 1 aliphatic rings. The maximum absolute atomic E-state index is 11.8. The summed E-state index contributed by atoms with van der Waals surface area (Å²) in [6.45, 7) is 3.54. The van der Waals surface area contributed by atoms with Gasteiger partial charge < -0.3 is 10.2 Å². The first-order valence-electron chi connectivity index (χ1n) is 7.26. The van der Waals surface area contributed by atoms with Gasteiger partial charge in [-0.05, 0) is 30.7 Å². The highest BCUT2D eigenvalue weighted by atomic mass is 79.9. The Hall–Kier alpha value is -1.62. The number of amides is 1. The number of nitrogens with one attached hydrogen (secondary N) is 1. The van der Waals surface area contributed by atoms with Gasteiger partial charge >= 0.3 is 0 Å². The largest absolute Gasteiger partial charge is 0.380 e. The molecule has 0 saturated carbocycles. The molecule has 1 saturated heterocycles. The van der Waals surface area contributed by atoms with E-state index in [9.17, 15) is 4.79 Å². The van der Waals surface area contributed by atoms with Crippen LogP contribution in [-0.4, -0.2) is 34.9 Å². The smallest absolute Gasteiger partial charge is 0.222 e. The first-order valence-corrected chi connectivity index (χ1v) is 8.05. The van der Waals surface area contributed by atoms with Crippen LogP contribution in [0.2, 0.25) is 0 Å². The number of benzene rings is 1. The van der Waals surface area contributed by atoms with Crippen LogP contribution in [0.4, 0.5) is 5.69 Å². The molecule has 0 bridgehead atoms. The van der Waals surface area contributed by atoms with Gasteiger partial charge in [0.05, 0.1) is 5.52 Å². The van der Waals surface area contributed by atoms with E-state index in [0.29, 0.717) is 12.5 Å². The molecule has 2 heterocycles. The van der Waals surface area contributed by atoms with E-state index in [4.69, 9.17) is 0 Å². The highest BCUT2D eigenvalue weighted by Crippen LogP contribution is 2.27. The van der Waals surface area contributed by atoms with Crippen molar-refractivity contribution in [2.75, 3.05) is 18.4 Å². The SMILES string of the molecule is CCC(=O)N1CCC(Nc2ccnc3ccc(Br)cc23)C1. The summed E-state index contributed by atoms with van der Waals surface area (Å²) in [4.78, 5) is 18.1. The molecule has 4 nitrogen and oxygen atoms in total. The fourth-order valence-corrected chi connectivity index (χ4v) is 3.15. The van der Waals surface area contributed by atoms with Gasteiger partial charge in [-0.3, -0.25) is 9.78 Å². The molecule has 1 atom stereocenters. The number of hydrogen-bond donors (Lipinski definition) is 1. The fourth-order valence-electron chi connectivity index (χ4n) is 2.79. The van der Waals surface area contributed by atoms with E-state index in [2.05, 4.69) is 32.3 Å². The normalized spacial score (nSPS) is 18.2. The third-order valence-corrected chi connectivity index (χ3v) is 4.40. The Balaban J connectivity index is 1.80. The van der Waals surface area contributed by atoms with Crippen LogP contribution in [0.3, 0.4) is 0 Å². The monoisotopic (exact) mass is 347 g/mol. The molecule has 3 rings (SSSR count). The second-order valence-corrected chi connectivity index (χ2v) is 6.26. The molecule has 1 aliphatic heterocycles. The van der Waals surface area contributed by atoms with Gasteiger partial charge in [0.25, 0.3) is 0 Å². The predicted molar refractivity (Wildman–Crippen MR) is 88.3 cm³/mol. The number of hydrogen-bond acceptors (Lipinski definition) is 3. The fraction of sp³-hybridized carbons (Fsp3) is 0.375. The van der Waals surface area contributed by atoms with Crippen LogP contribution in [0, 0.1) is 0 Å². The number of pyridine rings is 1. The minimum Gasteiger partial charge on any atom is -0.380 e. The average molecular weight is 348 g/mol. The van der Waals surface area contributed by atoms with Crippen molar-refractivity contribution in [2.45, 2.75) is 25.8 Å². The molecular formula is C16H18BrN3O. The van der Waals surface area contributed by atoms with Gasteiger partial charge in [-0.1, -0.05) is 22.9 Å². The maximum Gasteiger partial charge on any atom is 0.222 e. The van der Waals surface area contributed by atoms with Crippen LogP contribution in [0.1, 0.15) is 19.8 Å². The Kier molecular flexibility index (Phi) is 4.10. The standard InChI is InChI=1S/C16H18BrN3O/c1-2-16(21)20-8-6-12(10-20)19-15-5-7-18-14-4-3-11(17)9-13(14)15/h3-5,7,9,12H,2,6,8,10H2,1H3,(H,18,19). The lowest BCUT2D eigenvalue weighted by atomic mass is 10.1. The van der Waals surface area contributed by atoms with E-state index in [1.807, 2.05) is 36.2 Å². The van der Waals surface area contributed by atoms with Crippen LogP contribution in [0.25, 0.3) is 10.9 Å². The molecule has 21 heavy (non-hydrogen) atoms. The van der Waals surface area contributed by atoms with Crippen LogP contribution < -0.4 is 5.32 Å². The van der Waals surface area contributed by atoms with Gasteiger partial charge in [0.1, 0.15) is 0 Å². The van der Waals surface area contributed by atoms with Crippen molar-refractivity contribution >= 4 is 38.4 Å². The van der Waals surface area contributed by atoms with Gasteiger partial charge in [-0.2, -0.15) is 0 Å². The Morgan fingerprint density at radius 3 is 3.14 bits per heavy atom. The zero-order valence-corrected chi connectivity index (χ0v) is 13.6. The van der Waals surface area contributed by atoms with E-state index in [1.54, 1.807) is 0 Å². The number of anilines is 1. The molecule has 1 N–H and O–H groups in total. The molecule has 1 amide bonds. The van der Waals surface area contributed by atoms with Gasteiger partial charge in [-0.25, -0.2) is 0 Å². The maximum atomic E-state index is 11.8. The quantitative estimate of drug-likeness (QED) is 0.925. The first kappa shape index (κ1) is 14.3. The summed E-state index contributed by atoms with van der Waals surface area (Å²) in [5, 5.41) is 4.67. The summed E-state index contributed by atoms with van der Waals surface area (Å²) in [6, 6.07) is 8.39. The van der Waals surface area contributed by atoms with Crippen molar-refractivity contribution in [2.24, 2.45) is 0 Å². The lowest BCUT2D eigenvalue weighted by Gasteiger charge is -2.18. The zero-order valence-electron chi connectivity index (χ0n) is 12.0. The zero-order chi connectivity index (χ0) is 14.8. The molecule has 2 aromatic rings. The van der Waals surface area contributed by atoms with Crippen LogP contribution in [0.15, 0.2) is 34.9 Å². The molecule has 1 aromatic carbocycles. The number of nitrogens with zero attached hydrogens (tertiary/aromatic N) is 2. The summed E-state index contributed by atoms with van der Waals surface area (Å²) in [5.74, 6) is 0.238.